The number of hydrogen-bond acceptors (Lipinski definition) is 3. The lowest BCUT2D eigenvalue weighted by atomic mass is 9.95. The van der Waals surface area contributed by atoms with Crippen LogP contribution >= 0.6 is 11.3 Å². The molecule has 2 aromatic heterocycles. The van der Waals surface area contributed by atoms with Crippen molar-refractivity contribution in [2.24, 2.45) is 0 Å². The van der Waals surface area contributed by atoms with E-state index in [0.717, 1.165) is 19.3 Å². The molecule has 1 aromatic carbocycles. The number of thiophene rings is 1. The fraction of sp³-hybridized carbons (Fsp3) is 0.375. The Morgan fingerprint density at radius 1 is 1.17 bits per heavy atom. The second kappa shape index (κ2) is 7.84. The summed E-state index contributed by atoms with van der Waals surface area (Å²) in [5.41, 5.74) is 4.70. The first-order valence-electron chi connectivity index (χ1n) is 10.7. The summed E-state index contributed by atoms with van der Waals surface area (Å²) in [6.07, 6.45) is 7.80. The maximum atomic E-state index is 13.5. The number of aromatic nitrogens is 1. The molecule has 0 fully saturated rings. The molecule has 156 valence electrons. The first-order valence-corrected chi connectivity index (χ1v) is 11.5. The number of nitrogens with zero attached hydrogens (tertiary/aromatic N) is 2. The Bertz CT molecular complexity index is 1080. The Hall–Kier alpha value is -2.73. The number of carbonyl (C=O) groups excluding carboxylic acids is 1. The fourth-order valence-corrected chi connectivity index (χ4v) is 6.25. The van der Waals surface area contributed by atoms with Gasteiger partial charge < -0.3 is 19.5 Å². The topological polar surface area (TPSA) is 46.5 Å². The molecule has 2 amide bonds. The minimum atomic E-state index is -0.0808. The maximum Gasteiger partial charge on any atom is 0.322 e. The first kappa shape index (κ1) is 19.2. The van der Waals surface area contributed by atoms with E-state index in [1.807, 2.05) is 40.5 Å². The smallest absolute Gasteiger partial charge is 0.322 e. The SMILES string of the molecule is CCC1c2cccn2-c2sc3c(c2CN1C(=O)Nc1ccccc1OC)CCCC3. The van der Waals surface area contributed by atoms with Gasteiger partial charge in [0.25, 0.3) is 0 Å². The van der Waals surface area contributed by atoms with Crippen molar-refractivity contribution in [1.82, 2.24) is 9.47 Å². The highest BCUT2D eigenvalue weighted by atomic mass is 32.1. The lowest BCUT2D eigenvalue weighted by molar-refractivity contribution is 0.181. The Morgan fingerprint density at radius 3 is 2.83 bits per heavy atom. The molecule has 5 nitrogen and oxygen atoms in total. The van der Waals surface area contributed by atoms with Crippen LogP contribution in [-0.4, -0.2) is 22.6 Å². The molecule has 6 heteroatoms. The summed E-state index contributed by atoms with van der Waals surface area (Å²) >= 11 is 1.92. The molecule has 3 aromatic rings. The van der Waals surface area contributed by atoms with Gasteiger partial charge in [-0.3, -0.25) is 0 Å². The third-order valence-electron chi connectivity index (χ3n) is 6.30. The Balaban J connectivity index is 1.57. The third-order valence-corrected chi connectivity index (χ3v) is 7.63. The van der Waals surface area contributed by atoms with Crippen LogP contribution in [0.5, 0.6) is 5.75 Å². The molecule has 1 aliphatic heterocycles. The van der Waals surface area contributed by atoms with Crippen LogP contribution in [0.15, 0.2) is 42.6 Å². The number of hydrogen-bond donors (Lipinski definition) is 1. The molecule has 0 spiro atoms. The molecule has 0 radical (unpaired) electrons. The van der Waals surface area contributed by atoms with Gasteiger partial charge in [-0.15, -0.1) is 11.3 Å². The molecule has 2 aliphatic rings. The maximum absolute atomic E-state index is 13.5. The number of methoxy groups -OCH3 is 1. The summed E-state index contributed by atoms with van der Waals surface area (Å²) in [6.45, 7) is 2.79. The van der Waals surface area contributed by atoms with Crippen molar-refractivity contribution in [3.63, 3.8) is 0 Å². The van der Waals surface area contributed by atoms with Crippen LogP contribution in [-0.2, 0) is 19.4 Å². The van der Waals surface area contributed by atoms with Crippen LogP contribution < -0.4 is 10.1 Å². The van der Waals surface area contributed by atoms with Crippen molar-refractivity contribution in [3.05, 3.63) is 64.3 Å². The van der Waals surface area contributed by atoms with Crippen LogP contribution in [0.2, 0.25) is 0 Å². The lowest BCUT2D eigenvalue weighted by Gasteiger charge is -2.30. The minimum absolute atomic E-state index is 0.0218. The van der Waals surface area contributed by atoms with Crippen molar-refractivity contribution in [3.8, 4) is 10.8 Å². The van der Waals surface area contributed by atoms with Crippen LogP contribution in [0.1, 0.15) is 53.9 Å². The summed E-state index contributed by atoms with van der Waals surface area (Å²) in [4.78, 5) is 17.1. The summed E-state index contributed by atoms with van der Waals surface area (Å²) in [5.74, 6) is 0.672. The van der Waals surface area contributed by atoms with E-state index in [9.17, 15) is 4.79 Å². The average Bonchev–Trinajstić information content (AvgIpc) is 3.36. The van der Waals surface area contributed by atoms with Crippen molar-refractivity contribution < 1.29 is 9.53 Å². The first-order chi connectivity index (χ1) is 14.7. The quantitative estimate of drug-likeness (QED) is 0.570. The molecule has 0 saturated heterocycles. The van der Waals surface area contributed by atoms with Gasteiger partial charge in [-0.25, -0.2) is 4.79 Å². The molecular formula is C24H27N3O2S. The van der Waals surface area contributed by atoms with Gasteiger partial charge in [0.05, 0.1) is 25.4 Å². The van der Waals surface area contributed by atoms with Gasteiger partial charge in [-0.05, 0) is 61.9 Å². The number of amides is 2. The largest absolute Gasteiger partial charge is 0.495 e. The van der Waals surface area contributed by atoms with E-state index in [4.69, 9.17) is 4.74 Å². The van der Waals surface area contributed by atoms with E-state index in [1.165, 1.54) is 39.5 Å². The Morgan fingerprint density at radius 2 is 2.00 bits per heavy atom. The molecule has 1 unspecified atom stereocenters. The van der Waals surface area contributed by atoms with Crippen molar-refractivity contribution in [2.75, 3.05) is 12.4 Å². The van der Waals surface area contributed by atoms with Gasteiger partial charge in [0.15, 0.2) is 0 Å². The van der Waals surface area contributed by atoms with Crippen LogP contribution in [0, 0.1) is 0 Å². The van der Waals surface area contributed by atoms with E-state index in [2.05, 4.69) is 35.1 Å². The van der Waals surface area contributed by atoms with E-state index in [0.29, 0.717) is 18.0 Å². The van der Waals surface area contributed by atoms with E-state index in [1.54, 1.807) is 7.11 Å². The number of nitrogens with one attached hydrogen (secondary N) is 1. The molecule has 1 aliphatic carbocycles. The van der Waals surface area contributed by atoms with Crippen LogP contribution in [0.25, 0.3) is 5.00 Å². The molecular weight excluding hydrogens is 394 g/mol. The number of benzene rings is 1. The van der Waals surface area contributed by atoms with E-state index < -0.39 is 0 Å². The van der Waals surface area contributed by atoms with Gasteiger partial charge in [0, 0.05) is 22.3 Å². The van der Waals surface area contributed by atoms with Gasteiger partial charge >= 0.3 is 6.03 Å². The molecule has 30 heavy (non-hydrogen) atoms. The third kappa shape index (κ3) is 3.10. The highest BCUT2D eigenvalue weighted by Crippen LogP contribution is 2.43. The van der Waals surface area contributed by atoms with Crippen molar-refractivity contribution in [1.29, 1.82) is 0 Å². The number of urea groups is 1. The molecule has 1 atom stereocenters. The molecule has 0 saturated carbocycles. The number of aryl methyl sites for hydroxylation is 1. The zero-order valence-corrected chi connectivity index (χ0v) is 18.3. The summed E-state index contributed by atoms with van der Waals surface area (Å²) < 4.78 is 7.76. The lowest BCUT2D eigenvalue weighted by Crippen LogP contribution is -2.37. The van der Waals surface area contributed by atoms with E-state index in [-0.39, 0.29) is 12.1 Å². The Kier molecular flexibility index (Phi) is 5.03. The van der Waals surface area contributed by atoms with E-state index >= 15 is 0 Å². The zero-order chi connectivity index (χ0) is 20.7. The molecule has 3 heterocycles. The van der Waals surface area contributed by atoms with Crippen molar-refractivity contribution in [2.45, 2.75) is 51.6 Å². The van der Waals surface area contributed by atoms with Gasteiger partial charge in [-0.2, -0.15) is 0 Å². The molecule has 1 N–H and O–H groups in total. The number of fused-ring (bicyclic) bond motifs is 5. The van der Waals surface area contributed by atoms with Crippen LogP contribution in [0.4, 0.5) is 10.5 Å². The average molecular weight is 422 g/mol. The molecule has 5 rings (SSSR count). The highest BCUT2D eigenvalue weighted by Gasteiger charge is 2.34. The predicted molar refractivity (Wildman–Crippen MR) is 121 cm³/mol. The second-order valence-corrected chi connectivity index (χ2v) is 9.06. The normalized spacial score (nSPS) is 17.5. The van der Waals surface area contributed by atoms with Gasteiger partial charge in [-0.1, -0.05) is 19.1 Å². The van der Waals surface area contributed by atoms with Crippen molar-refractivity contribution >= 4 is 23.1 Å². The van der Waals surface area contributed by atoms with Gasteiger partial charge in [0.1, 0.15) is 10.8 Å². The number of rotatable bonds is 3. The summed E-state index contributed by atoms with van der Waals surface area (Å²) in [7, 11) is 1.63. The predicted octanol–water partition coefficient (Wildman–Crippen LogP) is 5.93. The Labute approximate surface area is 181 Å². The summed E-state index contributed by atoms with van der Waals surface area (Å²) in [6, 6.07) is 11.8. The minimum Gasteiger partial charge on any atom is -0.495 e. The monoisotopic (exact) mass is 421 g/mol. The highest BCUT2D eigenvalue weighted by molar-refractivity contribution is 7.15. The number of ether oxygens (including phenoxy) is 1. The molecule has 0 bridgehead atoms. The zero-order valence-electron chi connectivity index (χ0n) is 17.5. The van der Waals surface area contributed by atoms with Crippen LogP contribution in [0.3, 0.4) is 0 Å². The summed E-state index contributed by atoms with van der Waals surface area (Å²) in [5, 5.41) is 4.40. The fourth-order valence-electron chi connectivity index (χ4n) is 4.84. The number of anilines is 1. The number of carbonyl (C=O) groups is 1. The standard InChI is InChI=1S/C24H27N3O2S/c1-3-19-20-11-8-14-26(20)23-17(16-9-4-7-13-22(16)30-23)15-27(19)24(28)25-18-10-5-6-12-21(18)29-2/h5-6,8,10-12,14,19H,3-4,7,9,13,15H2,1-2H3,(H,25,28). The second-order valence-electron chi connectivity index (χ2n) is 7.98. The van der Waals surface area contributed by atoms with Gasteiger partial charge in [0.2, 0.25) is 0 Å². The number of para-hydroxylation sites is 2.